The van der Waals surface area contributed by atoms with Gasteiger partial charge in [-0.05, 0) is 26.2 Å². The normalized spacial score (nSPS) is 23.3. The smallest absolute Gasteiger partial charge is 0.0544 e. The van der Waals surface area contributed by atoms with Gasteiger partial charge in [0, 0.05) is 10.7 Å². The van der Waals surface area contributed by atoms with Crippen molar-refractivity contribution >= 4 is 15.9 Å². The van der Waals surface area contributed by atoms with Crippen molar-refractivity contribution in [2.75, 3.05) is 11.9 Å². The standard InChI is InChI=1S/C11H21BrO/c1-3-10(2)13-9-11(8-12)6-4-5-7-11/h10H,3-9H2,1-2H3. The van der Waals surface area contributed by atoms with Gasteiger partial charge in [-0.1, -0.05) is 35.7 Å². The van der Waals surface area contributed by atoms with Crippen LogP contribution >= 0.6 is 15.9 Å². The fourth-order valence-electron chi connectivity index (χ4n) is 1.88. The van der Waals surface area contributed by atoms with E-state index in [0.29, 0.717) is 11.5 Å². The van der Waals surface area contributed by atoms with Crippen molar-refractivity contribution in [3.05, 3.63) is 0 Å². The molecule has 0 aromatic carbocycles. The molecule has 0 radical (unpaired) electrons. The molecule has 0 bridgehead atoms. The molecule has 0 heterocycles. The second-order valence-electron chi connectivity index (χ2n) is 4.37. The maximum atomic E-state index is 5.84. The lowest BCUT2D eigenvalue weighted by atomic mass is 9.90. The Kier molecular flexibility index (Phi) is 4.74. The Bertz CT molecular complexity index is 141. The van der Waals surface area contributed by atoms with Gasteiger partial charge in [-0.3, -0.25) is 0 Å². The maximum absolute atomic E-state index is 5.84. The van der Waals surface area contributed by atoms with Gasteiger partial charge in [-0.2, -0.15) is 0 Å². The molecule has 0 aliphatic heterocycles. The van der Waals surface area contributed by atoms with Gasteiger partial charge in [0.1, 0.15) is 0 Å². The van der Waals surface area contributed by atoms with Crippen molar-refractivity contribution in [2.24, 2.45) is 5.41 Å². The second-order valence-corrected chi connectivity index (χ2v) is 4.93. The third kappa shape index (κ3) is 3.25. The fraction of sp³-hybridized carbons (Fsp3) is 1.00. The largest absolute Gasteiger partial charge is 0.378 e. The van der Waals surface area contributed by atoms with Crippen LogP contribution in [0.1, 0.15) is 46.0 Å². The quantitative estimate of drug-likeness (QED) is 0.674. The van der Waals surface area contributed by atoms with Crippen molar-refractivity contribution in [3.63, 3.8) is 0 Å². The van der Waals surface area contributed by atoms with E-state index in [0.717, 1.165) is 18.4 Å². The topological polar surface area (TPSA) is 9.23 Å². The highest BCUT2D eigenvalue weighted by Crippen LogP contribution is 2.40. The summed E-state index contributed by atoms with van der Waals surface area (Å²) in [5, 5.41) is 1.11. The molecule has 13 heavy (non-hydrogen) atoms. The minimum atomic E-state index is 0.427. The van der Waals surface area contributed by atoms with Gasteiger partial charge in [-0.25, -0.2) is 0 Å². The van der Waals surface area contributed by atoms with Crippen molar-refractivity contribution in [1.29, 1.82) is 0 Å². The molecule has 78 valence electrons. The van der Waals surface area contributed by atoms with Crippen LogP contribution in [0.15, 0.2) is 0 Å². The lowest BCUT2D eigenvalue weighted by Crippen LogP contribution is -2.27. The highest BCUT2D eigenvalue weighted by atomic mass is 79.9. The second kappa shape index (κ2) is 5.35. The van der Waals surface area contributed by atoms with Crippen LogP contribution in [0.4, 0.5) is 0 Å². The SMILES string of the molecule is CCC(C)OCC1(CBr)CCCC1. The molecule has 1 nitrogen and oxygen atoms in total. The van der Waals surface area contributed by atoms with Gasteiger partial charge >= 0.3 is 0 Å². The molecule has 1 atom stereocenters. The average Bonchev–Trinajstić information content (AvgIpc) is 2.63. The average molecular weight is 249 g/mol. The molecule has 1 fully saturated rings. The van der Waals surface area contributed by atoms with Crippen LogP contribution in [-0.2, 0) is 4.74 Å². The zero-order valence-corrected chi connectivity index (χ0v) is 10.4. The molecule has 0 N–H and O–H groups in total. The molecule has 1 aliphatic rings. The molecule has 0 aromatic heterocycles. The number of hydrogen-bond acceptors (Lipinski definition) is 1. The van der Waals surface area contributed by atoms with E-state index in [2.05, 4.69) is 29.8 Å². The fourth-order valence-corrected chi connectivity index (χ4v) is 2.60. The van der Waals surface area contributed by atoms with E-state index in [-0.39, 0.29) is 0 Å². The zero-order chi connectivity index (χ0) is 9.73. The Labute approximate surface area is 90.4 Å². The summed E-state index contributed by atoms with van der Waals surface area (Å²) in [5.74, 6) is 0. The Morgan fingerprint density at radius 3 is 2.46 bits per heavy atom. The van der Waals surface area contributed by atoms with Gasteiger partial charge < -0.3 is 4.74 Å². The van der Waals surface area contributed by atoms with Crippen LogP contribution in [0.25, 0.3) is 0 Å². The Morgan fingerprint density at radius 1 is 1.38 bits per heavy atom. The summed E-state index contributed by atoms with van der Waals surface area (Å²) in [6.07, 6.45) is 7.00. The highest BCUT2D eigenvalue weighted by Gasteiger charge is 2.33. The van der Waals surface area contributed by atoms with E-state index < -0.39 is 0 Å². The van der Waals surface area contributed by atoms with Gasteiger partial charge in [0.25, 0.3) is 0 Å². The molecule has 2 heteroatoms. The first kappa shape index (κ1) is 11.5. The molecule has 0 aromatic rings. The molecule has 1 aliphatic carbocycles. The number of hydrogen-bond donors (Lipinski definition) is 0. The van der Waals surface area contributed by atoms with E-state index >= 15 is 0 Å². The molecule has 0 spiro atoms. The van der Waals surface area contributed by atoms with Crippen molar-refractivity contribution in [3.8, 4) is 0 Å². The summed E-state index contributed by atoms with van der Waals surface area (Å²) >= 11 is 3.63. The summed E-state index contributed by atoms with van der Waals surface area (Å²) < 4.78 is 5.84. The van der Waals surface area contributed by atoms with E-state index in [9.17, 15) is 0 Å². The zero-order valence-electron chi connectivity index (χ0n) is 8.81. The lowest BCUT2D eigenvalue weighted by Gasteiger charge is -2.27. The van der Waals surface area contributed by atoms with Gasteiger partial charge in [0.15, 0.2) is 0 Å². The van der Waals surface area contributed by atoms with Crippen molar-refractivity contribution in [2.45, 2.75) is 52.1 Å². The Hall–Kier alpha value is 0.440. The van der Waals surface area contributed by atoms with Crippen molar-refractivity contribution in [1.82, 2.24) is 0 Å². The van der Waals surface area contributed by atoms with Gasteiger partial charge in [-0.15, -0.1) is 0 Å². The molecule has 1 rings (SSSR count). The van der Waals surface area contributed by atoms with E-state index in [1.54, 1.807) is 0 Å². The monoisotopic (exact) mass is 248 g/mol. The Morgan fingerprint density at radius 2 is 2.00 bits per heavy atom. The summed E-state index contributed by atoms with van der Waals surface area (Å²) in [4.78, 5) is 0. The lowest BCUT2D eigenvalue weighted by molar-refractivity contribution is 0.00865. The molecular formula is C11H21BrO. The van der Waals surface area contributed by atoms with Gasteiger partial charge in [0.2, 0.25) is 0 Å². The molecule has 0 amide bonds. The maximum Gasteiger partial charge on any atom is 0.0544 e. The molecule has 0 saturated heterocycles. The summed E-state index contributed by atoms with van der Waals surface area (Å²) in [5.41, 5.74) is 0.462. The molecule has 1 saturated carbocycles. The number of alkyl halides is 1. The predicted molar refractivity (Wildman–Crippen MR) is 60.4 cm³/mol. The number of ether oxygens (including phenoxy) is 1. The minimum absolute atomic E-state index is 0.427. The number of halogens is 1. The van der Waals surface area contributed by atoms with Crippen molar-refractivity contribution < 1.29 is 4.74 Å². The molecular weight excluding hydrogens is 228 g/mol. The van der Waals surface area contributed by atoms with Crippen LogP contribution in [0.5, 0.6) is 0 Å². The van der Waals surface area contributed by atoms with Crippen LogP contribution in [0.3, 0.4) is 0 Å². The van der Waals surface area contributed by atoms with Crippen LogP contribution in [-0.4, -0.2) is 18.0 Å². The first-order valence-corrected chi connectivity index (χ1v) is 6.52. The first-order valence-electron chi connectivity index (χ1n) is 5.40. The van der Waals surface area contributed by atoms with E-state index in [1.807, 2.05) is 0 Å². The van der Waals surface area contributed by atoms with E-state index in [4.69, 9.17) is 4.74 Å². The predicted octanol–water partition coefficient (Wildman–Crippen LogP) is 3.76. The summed E-state index contributed by atoms with van der Waals surface area (Å²) in [6, 6.07) is 0. The van der Waals surface area contributed by atoms with Gasteiger partial charge in [0.05, 0.1) is 12.7 Å². The number of rotatable bonds is 5. The summed E-state index contributed by atoms with van der Waals surface area (Å²) in [6.45, 7) is 5.30. The summed E-state index contributed by atoms with van der Waals surface area (Å²) in [7, 11) is 0. The van der Waals surface area contributed by atoms with E-state index in [1.165, 1.54) is 25.7 Å². The molecule has 1 unspecified atom stereocenters. The minimum Gasteiger partial charge on any atom is -0.378 e. The van der Waals surface area contributed by atoms with Crippen LogP contribution in [0, 0.1) is 5.41 Å². The highest BCUT2D eigenvalue weighted by molar-refractivity contribution is 9.09. The van der Waals surface area contributed by atoms with Crippen LogP contribution < -0.4 is 0 Å². The third-order valence-electron chi connectivity index (χ3n) is 3.20. The Balaban J connectivity index is 2.31. The van der Waals surface area contributed by atoms with Crippen LogP contribution in [0.2, 0.25) is 0 Å². The third-order valence-corrected chi connectivity index (χ3v) is 4.39. The first-order chi connectivity index (χ1) is 6.22.